The van der Waals surface area contributed by atoms with Crippen LogP contribution in [0.3, 0.4) is 0 Å². The van der Waals surface area contributed by atoms with Gasteiger partial charge in [0.15, 0.2) is 0 Å². The van der Waals surface area contributed by atoms with Crippen LogP contribution in [-0.4, -0.2) is 17.7 Å². The molecule has 3 N–H and O–H groups in total. The summed E-state index contributed by atoms with van der Waals surface area (Å²) in [5.41, 5.74) is 1.42. The third-order valence-electron chi connectivity index (χ3n) is 2.93. The average molecular weight is 380 g/mol. The molecule has 0 spiro atoms. The molecule has 0 aliphatic rings. The van der Waals surface area contributed by atoms with Gasteiger partial charge in [0.25, 0.3) is 0 Å². The van der Waals surface area contributed by atoms with Crippen LogP contribution in [0.4, 0.5) is 17.1 Å². The standard InChI is InChI=1S/C17H15Cl2N3O3/c1-10(23)20-13-3-2-4-14(8-13)21-16(24)9-17(25)22-15-6-11(18)5-12(19)7-15/h2-8H,9H2,1H3,(H,20,23)(H,21,24)(H,22,25). The molecule has 0 fully saturated rings. The van der Waals surface area contributed by atoms with E-state index in [0.717, 1.165) is 0 Å². The fraction of sp³-hybridized carbons (Fsp3) is 0.118. The van der Waals surface area contributed by atoms with E-state index in [1.54, 1.807) is 24.3 Å². The highest BCUT2D eigenvalue weighted by Gasteiger charge is 2.11. The Morgan fingerprint density at radius 2 is 1.32 bits per heavy atom. The summed E-state index contributed by atoms with van der Waals surface area (Å²) in [6.45, 7) is 1.39. The molecule has 0 atom stereocenters. The number of hydrogen-bond donors (Lipinski definition) is 3. The van der Waals surface area contributed by atoms with Gasteiger partial charge in [-0.1, -0.05) is 29.3 Å². The molecular weight excluding hydrogens is 365 g/mol. The van der Waals surface area contributed by atoms with Crippen LogP contribution in [0, 0.1) is 0 Å². The van der Waals surface area contributed by atoms with Gasteiger partial charge >= 0.3 is 0 Å². The quantitative estimate of drug-likeness (QED) is 0.687. The Kier molecular flexibility index (Phi) is 6.38. The number of nitrogens with one attached hydrogen (secondary N) is 3. The first-order chi connectivity index (χ1) is 11.8. The highest BCUT2D eigenvalue weighted by atomic mass is 35.5. The lowest BCUT2D eigenvalue weighted by Crippen LogP contribution is -2.21. The van der Waals surface area contributed by atoms with Gasteiger partial charge in [0.05, 0.1) is 0 Å². The molecule has 2 rings (SSSR count). The summed E-state index contributed by atoms with van der Waals surface area (Å²) < 4.78 is 0. The number of amides is 3. The lowest BCUT2D eigenvalue weighted by Gasteiger charge is -2.09. The van der Waals surface area contributed by atoms with Crippen molar-refractivity contribution in [3.63, 3.8) is 0 Å². The van der Waals surface area contributed by atoms with Crippen molar-refractivity contribution >= 4 is 58.0 Å². The summed E-state index contributed by atoms with van der Waals surface area (Å²) in [5.74, 6) is -1.22. The maximum atomic E-state index is 12.0. The van der Waals surface area contributed by atoms with Crippen LogP contribution >= 0.6 is 23.2 Å². The molecule has 0 bridgehead atoms. The van der Waals surface area contributed by atoms with Crippen LogP contribution in [0.5, 0.6) is 0 Å². The second-order valence-electron chi connectivity index (χ2n) is 5.19. The predicted molar refractivity (Wildman–Crippen MR) is 99.1 cm³/mol. The largest absolute Gasteiger partial charge is 0.326 e. The molecule has 0 aliphatic carbocycles. The maximum absolute atomic E-state index is 12.0. The van der Waals surface area contributed by atoms with E-state index in [0.29, 0.717) is 27.1 Å². The Hall–Kier alpha value is -2.57. The number of anilines is 3. The van der Waals surface area contributed by atoms with Crippen molar-refractivity contribution in [2.45, 2.75) is 13.3 Å². The van der Waals surface area contributed by atoms with Crippen LogP contribution in [0.2, 0.25) is 10.0 Å². The third kappa shape index (κ3) is 6.45. The number of halogens is 2. The minimum Gasteiger partial charge on any atom is -0.326 e. The van der Waals surface area contributed by atoms with Crippen molar-refractivity contribution in [1.29, 1.82) is 0 Å². The Balaban J connectivity index is 1.93. The average Bonchev–Trinajstić information content (AvgIpc) is 2.44. The molecule has 0 unspecified atom stereocenters. The normalized spacial score (nSPS) is 10.0. The SMILES string of the molecule is CC(=O)Nc1cccc(NC(=O)CC(=O)Nc2cc(Cl)cc(Cl)c2)c1. The Morgan fingerprint density at radius 3 is 1.88 bits per heavy atom. The molecule has 2 aromatic carbocycles. The summed E-state index contributed by atoms with van der Waals surface area (Å²) in [5, 5.41) is 8.51. The Labute approximate surface area is 154 Å². The third-order valence-corrected chi connectivity index (χ3v) is 3.37. The van der Waals surface area contributed by atoms with Crippen LogP contribution in [0.15, 0.2) is 42.5 Å². The number of hydrogen-bond acceptors (Lipinski definition) is 3. The molecule has 3 amide bonds. The molecule has 0 aliphatic heterocycles. The van der Waals surface area contributed by atoms with Gasteiger partial charge in [-0.05, 0) is 36.4 Å². The van der Waals surface area contributed by atoms with Gasteiger partial charge < -0.3 is 16.0 Å². The van der Waals surface area contributed by atoms with E-state index in [1.165, 1.54) is 25.1 Å². The van der Waals surface area contributed by atoms with E-state index in [9.17, 15) is 14.4 Å². The molecule has 0 aromatic heterocycles. The molecule has 0 saturated carbocycles. The topological polar surface area (TPSA) is 87.3 Å². The van der Waals surface area contributed by atoms with Crippen LogP contribution in [0.25, 0.3) is 0 Å². The lowest BCUT2D eigenvalue weighted by atomic mass is 10.2. The first-order valence-corrected chi connectivity index (χ1v) is 8.01. The first kappa shape index (κ1) is 18.8. The number of benzene rings is 2. The van der Waals surface area contributed by atoms with E-state index in [1.807, 2.05) is 0 Å². The van der Waals surface area contributed by atoms with Gasteiger partial charge in [0, 0.05) is 34.0 Å². The van der Waals surface area contributed by atoms with Crippen molar-refractivity contribution < 1.29 is 14.4 Å². The summed E-state index contributed by atoms with van der Waals surface area (Å²) in [6.07, 6.45) is -0.380. The Bertz CT molecular complexity index is 804. The van der Waals surface area contributed by atoms with E-state index in [-0.39, 0.29) is 12.3 Å². The van der Waals surface area contributed by atoms with E-state index < -0.39 is 11.8 Å². The minimum absolute atomic E-state index is 0.219. The van der Waals surface area contributed by atoms with Crippen molar-refractivity contribution in [3.05, 3.63) is 52.5 Å². The summed E-state index contributed by atoms with van der Waals surface area (Å²) in [7, 11) is 0. The zero-order valence-electron chi connectivity index (χ0n) is 13.2. The zero-order valence-corrected chi connectivity index (χ0v) is 14.7. The molecule has 2 aromatic rings. The van der Waals surface area contributed by atoms with Gasteiger partial charge in [-0.15, -0.1) is 0 Å². The van der Waals surface area contributed by atoms with Gasteiger partial charge in [0.2, 0.25) is 17.7 Å². The molecular formula is C17H15Cl2N3O3. The van der Waals surface area contributed by atoms with E-state index in [4.69, 9.17) is 23.2 Å². The fourth-order valence-electron chi connectivity index (χ4n) is 2.06. The summed E-state index contributed by atoms with van der Waals surface area (Å²) >= 11 is 11.7. The van der Waals surface area contributed by atoms with Crippen molar-refractivity contribution in [2.75, 3.05) is 16.0 Å². The molecule has 8 heteroatoms. The smallest absolute Gasteiger partial charge is 0.233 e. The van der Waals surface area contributed by atoms with Crippen LogP contribution in [-0.2, 0) is 14.4 Å². The number of carbonyl (C=O) groups excluding carboxylic acids is 3. The van der Waals surface area contributed by atoms with E-state index in [2.05, 4.69) is 16.0 Å². The minimum atomic E-state index is -0.506. The maximum Gasteiger partial charge on any atom is 0.233 e. The van der Waals surface area contributed by atoms with Gasteiger partial charge in [-0.25, -0.2) is 0 Å². The molecule has 0 saturated heterocycles. The predicted octanol–water partition coefficient (Wildman–Crippen LogP) is 3.92. The van der Waals surface area contributed by atoms with Gasteiger partial charge in [-0.2, -0.15) is 0 Å². The zero-order chi connectivity index (χ0) is 18.4. The summed E-state index contributed by atoms with van der Waals surface area (Å²) in [4.78, 5) is 34.9. The van der Waals surface area contributed by atoms with Crippen LogP contribution < -0.4 is 16.0 Å². The highest BCUT2D eigenvalue weighted by Crippen LogP contribution is 2.22. The molecule has 6 nitrogen and oxygen atoms in total. The molecule has 25 heavy (non-hydrogen) atoms. The van der Waals surface area contributed by atoms with Crippen molar-refractivity contribution in [2.24, 2.45) is 0 Å². The second-order valence-corrected chi connectivity index (χ2v) is 6.07. The second kappa shape index (κ2) is 8.50. The van der Waals surface area contributed by atoms with Gasteiger partial charge in [-0.3, -0.25) is 14.4 Å². The van der Waals surface area contributed by atoms with E-state index >= 15 is 0 Å². The molecule has 0 heterocycles. The monoisotopic (exact) mass is 379 g/mol. The Morgan fingerprint density at radius 1 is 0.800 bits per heavy atom. The number of carbonyl (C=O) groups is 3. The first-order valence-electron chi connectivity index (χ1n) is 7.25. The molecule has 130 valence electrons. The lowest BCUT2D eigenvalue weighted by molar-refractivity contribution is -0.123. The molecule has 0 radical (unpaired) electrons. The summed E-state index contributed by atoms with van der Waals surface area (Å²) in [6, 6.07) is 11.2. The fourth-order valence-corrected chi connectivity index (χ4v) is 2.59. The highest BCUT2D eigenvalue weighted by molar-refractivity contribution is 6.35. The number of rotatable bonds is 5. The van der Waals surface area contributed by atoms with Crippen molar-refractivity contribution in [3.8, 4) is 0 Å². The van der Waals surface area contributed by atoms with Crippen molar-refractivity contribution in [1.82, 2.24) is 0 Å². The van der Waals surface area contributed by atoms with Gasteiger partial charge in [0.1, 0.15) is 6.42 Å². The van der Waals surface area contributed by atoms with Crippen LogP contribution in [0.1, 0.15) is 13.3 Å².